The van der Waals surface area contributed by atoms with E-state index in [0.717, 1.165) is 32.2 Å². The molecule has 0 amide bonds. The van der Waals surface area contributed by atoms with Crippen molar-refractivity contribution in [2.24, 2.45) is 0 Å². The van der Waals surface area contributed by atoms with Crippen molar-refractivity contribution < 1.29 is 9.50 Å². The maximum atomic E-state index is 13.8. The molecule has 0 aliphatic carbocycles. The number of rotatable bonds is 3. The average molecular weight is 262 g/mol. The van der Waals surface area contributed by atoms with Crippen LogP contribution in [0, 0.1) is 17.1 Å². The van der Waals surface area contributed by atoms with Gasteiger partial charge in [0.05, 0.1) is 18.2 Å². The van der Waals surface area contributed by atoms with Gasteiger partial charge in [0, 0.05) is 18.2 Å². The van der Waals surface area contributed by atoms with Crippen LogP contribution in [0.15, 0.2) is 18.2 Å². The van der Waals surface area contributed by atoms with Crippen LogP contribution in [0.25, 0.3) is 0 Å². The monoisotopic (exact) mass is 262 g/mol. The van der Waals surface area contributed by atoms with E-state index in [4.69, 9.17) is 5.26 Å². The van der Waals surface area contributed by atoms with Crippen LogP contribution in [0.4, 0.5) is 4.39 Å². The fourth-order valence-electron chi connectivity index (χ4n) is 2.64. The maximum Gasteiger partial charge on any atom is 0.127 e. The van der Waals surface area contributed by atoms with Crippen LogP contribution in [0.5, 0.6) is 0 Å². The highest BCUT2D eigenvalue weighted by Gasteiger charge is 2.21. The van der Waals surface area contributed by atoms with E-state index in [1.807, 2.05) is 6.07 Å². The lowest BCUT2D eigenvalue weighted by atomic mass is 10.1. The quantitative estimate of drug-likeness (QED) is 0.910. The van der Waals surface area contributed by atoms with E-state index in [9.17, 15) is 9.50 Å². The normalized spacial score (nSPS) is 20.8. The van der Waals surface area contributed by atoms with Crippen LogP contribution in [0.2, 0.25) is 0 Å². The van der Waals surface area contributed by atoms with E-state index in [0.29, 0.717) is 17.7 Å². The summed E-state index contributed by atoms with van der Waals surface area (Å²) in [6.07, 6.45) is 4.31. The van der Waals surface area contributed by atoms with Crippen molar-refractivity contribution in [2.75, 3.05) is 13.2 Å². The van der Waals surface area contributed by atoms with Crippen LogP contribution in [0.1, 0.15) is 36.8 Å². The summed E-state index contributed by atoms with van der Waals surface area (Å²) in [6, 6.07) is 6.58. The van der Waals surface area contributed by atoms with Crippen molar-refractivity contribution in [1.29, 1.82) is 5.26 Å². The SMILES string of the molecule is N#Cc1ccc(F)c(CN2CCCCCC2CO)c1. The van der Waals surface area contributed by atoms with Crippen LogP contribution in [0.3, 0.4) is 0 Å². The maximum absolute atomic E-state index is 13.8. The second-order valence-electron chi connectivity index (χ2n) is 5.07. The first kappa shape index (κ1) is 14.0. The lowest BCUT2D eigenvalue weighted by Crippen LogP contribution is -2.37. The predicted molar refractivity (Wildman–Crippen MR) is 70.9 cm³/mol. The van der Waals surface area contributed by atoms with Gasteiger partial charge in [0.15, 0.2) is 0 Å². The molecule has 4 heteroatoms. The van der Waals surface area contributed by atoms with Crippen molar-refractivity contribution in [3.8, 4) is 6.07 Å². The molecule has 102 valence electrons. The highest BCUT2D eigenvalue weighted by atomic mass is 19.1. The molecular formula is C15H19FN2O. The Morgan fingerprint density at radius 1 is 1.37 bits per heavy atom. The summed E-state index contributed by atoms with van der Waals surface area (Å²) in [5.41, 5.74) is 1.02. The molecule has 0 bridgehead atoms. The smallest absolute Gasteiger partial charge is 0.127 e. The summed E-state index contributed by atoms with van der Waals surface area (Å²) in [6.45, 7) is 1.45. The number of aliphatic hydroxyl groups excluding tert-OH is 1. The molecule has 3 nitrogen and oxygen atoms in total. The second kappa shape index (κ2) is 6.65. The molecule has 1 aliphatic heterocycles. The Labute approximate surface area is 113 Å². The van der Waals surface area contributed by atoms with E-state index >= 15 is 0 Å². The molecule has 1 heterocycles. The molecule has 19 heavy (non-hydrogen) atoms. The fraction of sp³-hybridized carbons (Fsp3) is 0.533. The molecule has 2 rings (SSSR count). The van der Waals surface area contributed by atoms with Crippen molar-refractivity contribution in [3.63, 3.8) is 0 Å². The van der Waals surface area contributed by atoms with Crippen molar-refractivity contribution in [1.82, 2.24) is 4.90 Å². The number of aliphatic hydroxyl groups is 1. The van der Waals surface area contributed by atoms with Gasteiger partial charge in [0.2, 0.25) is 0 Å². The van der Waals surface area contributed by atoms with Gasteiger partial charge in [-0.05, 0) is 37.6 Å². The van der Waals surface area contributed by atoms with Crippen LogP contribution in [-0.2, 0) is 6.54 Å². The Kier molecular flexibility index (Phi) is 4.89. The number of hydrogen-bond donors (Lipinski definition) is 1. The van der Waals surface area contributed by atoms with Gasteiger partial charge in [0.25, 0.3) is 0 Å². The van der Waals surface area contributed by atoms with Gasteiger partial charge in [-0.25, -0.2) is 4.39 Å². The number of nitriles is 1. The second-order valence-corrected chi connectivity index (χ2v) is 5.07. The van der Waals surface area contributed by atoms with E-state index < -0.39 is 0 Å². The van der Waals surface area contributed by atoms with Gasteiger partial charge in [-0.2, -0.15) is 5.26 Å². The summed E-state index contributed by atoms with van der Waals surface area (Å²) in [7, 11) is 0. The molecule has 1 fully saturated rings. The van der Waals surface area contributed by atoms with E-state index in [2.05, 4.69) is 4.90 Å². The third-order valence-corrected chi connectivity index (χ3v) is 3.76. The van der Waals surface area contributed by atoms with E-state index in [1.54, 1.807) is 6.07 Å². The Balaban J connectivity index is 2.16. The topological polar surface area (TPSA) is 47.3 Å². The third-order valence-electron chi connectivity index (χ3n) is 3.76. The standard InChI is InChI=1S/C15H19FN2O/c16-15-6-5-12(9-17)8-13(15)10-18-7-3-1-2-4-14(18)11-19/h5-6,8,14,19H,1-4,7,10-11H2. The molecule has 0 radical (unpaired) electrons. The molecule has 0 aromatic heterocycles. The number of benzene rings is 1. The number of hydrogen-bond acceptors (Lipinski definition) is 3. The van der Waals surface area contributed by atoms with E-state index in [-0.39, 0.29) is 18.5 Å². The summed E-state index contributed by atoms with van der Waals surface area (Å²) in [5, 5.41) is 18.3. The highest BCUT2D eigenvalue weighted by Crippen LogP contribution is 2.20. The lowest BCUT2D eigenvalue weighted by Gasteiger charge is -2.28. The molecule has 0 saturated carbocycles. The minimum absolute atomic E-state index is 0.104. The minimum Gasteiger partial charge on any atom is -0.395 e. The zero-order valence-electron chi connectivity index (χ0n) is 11.0. The van der Waals surface area contributed by atoms with E-state index in [1.165, 1.54) is 12.1 Å². The van der Waals surface area contributed by atoms with Crippen molar-refractivity contribution in [3.05, 3.63) is 35.1 Å². The minimum atomic E-state index is -0.278. The largest absolute Gasteiger partial charge is 0.395 e. The zero-order valence-corrected chi connectivity index (χ0v) is 11.0. The summed E-state index contributed by atoms with van der Waals surface area (Å²) >= 11 is 0. The molecule has 1 aliphatic rings. The average Bonchev–Trinajstić information content (AvgIpc) is 2.66. The van der Waals surface area contributed by atoms with Gasteiger partial charge in [-0.1, -0.05) is 12.8 Å². The Morgan fingerprint density at radius 3 is 2.95 bits per heavy atom. The van der Waals surface area contributed by atoms with Gasteiger partial charge < -0.3 is 5.11 Å². The Bertz CT molecular complexity index is 470. The Morgan fingerprint density at radius 2 is 2.21 bits per heavy atom. The lowest BCUT2D eigenvalue weighted by molar-refractivity contribution is 0.117. The first-order chi connectivity index (χ1) is 9.24. The Hall–Kier alpha value is -1.44. The highest BCUT2D eigenvalue weighted by molar-refractivity contribution is 5.33. The van der Waals surface area contributed by atoms with Gasteiger partial charge in [0.1, 0.15) is 5.82 Å². The van der Waals surface area contributed by atoms with Crippen molar-refractivity contribution >= 4 is 0 Å². The third kappa shape index (κ3) is 3.52. The molecule has 1 aromatic rings. The summed E-state index contributed by atoms with van der Waals surface area (Å²) < 4.78 is 13.8. The molecular weight excluding hydrogens is 243 g/mol. The van der Waals surface area contributed by atoms with Crippen molar-refractivity contribution in [2.45, 2.75) is 38.3 Å². The predicted octanol–water partition coefficient (Wildman–Crippen LogP) is 2.43. The van der Waals surface area contributed by atoms with Crippen LogP contribution >= 0.6 is 0 Å². The number of halogens is 1. The molecule has 1 saturated heterocycles. The fourth-order valence-corrected chi connectivity index (χ4v) is 2.64. The number of likely N-dealkylation sites (tertiary alicyclic amines) is 1. The van der Waals surface area contributed by atoms with Gasteiger partial charge in [-0.15, -0.1) is 0 Å². The van der Waals surface area contributed by atoms with Gasteiger partial charge >= 0.3 is 0 Å². The summed E-state index contributed by atoms with van der Waals surface area (Å²) in [5.74, 6) is -0.278. The summed E-state index contributed by atoms with van der Waals surface area (Å²) in [4.78, 5) is 2.13. The van der Waals surface area contributed by atoms with Crippen LogP contribution < -0.4 is 0 Å². The van der Waals surface area contributed by atoms with Crippen LogP contribution in [-0.4, -0.2) is 29.2 Å². The number of nitrogens with zero attached hydrogens (tertiary/aromatic N) is 2. The molecule has 1 aromatic carbocycles. The first-order valence-electron chi connectivity index (χ1n) is 6.78. The zero-order chi connectivity index (χ0) is 13.7. The molecule has 0 spiro atoms. The molecule has 1 unspecified atom stereocenters. The first-order valence-corrected chi connectivity index (χ1v) is 6.78. The molecule has 1 atom stereocenters. The molecule has 1 N–H and O–H groups in total. The van der Waals surface area contributed by atoms with Gasteiger partial charge in [-0.3, -0.25) is 4.90 Å².